The van der Waals surface area contributed by atoms with Gasteiger partial charge in [-0.25, -0.2) is 0 Å². The van der Waals surface area contributed by atoms with Crippen LogP contribution in [0.4, 0.5) is 0 Å². The van der Waals surface area contributed by atoms with E-state index in [0.717, 1.165) is 32.1 Å². The molecular weight excluding hydrogens is 232 g/mol. The van der Waals surface area contributed by atoms with Crippen LogP contribution in [0, 0.1) is 5.92 Å². The van der Waals surface area contributed by atoms with Crippen molar-refractivity contribution >= 4 is 11.9 Å². The smallest absolute Gasteiger partial charge is 0.308 e. The maximum Gasteiger partial charge on any atom is 0.308 e. The Morgan fingerprint density at radius 3 is 2.67 bits per heavy atom. The van der Waals surface area contributed by atoms with Crippen molar-refractivity contribution in [2.45, 2.75) is 64.0 Å². The standard InChI is InChI=1S/C13H24N2O3/c1-2-3-7-10(14)12(16)15-11-8-5-4-6-9(11)13(17)18/h9-11H,2-8,14H2,1H3,(H,15,16)(H,17,18)/t9?,10-,11?/m0/s1. The molecule has 5 nitrogen and oxygen atoms in total. The molecule has 18 heavy (non-hydrogen) atoms. The van der Waals surface area contributed by atoms with Gasteiger partial charge in [-0.3, -0.25) is 9.59 Å². The van der Waals surface area contributed by atoms with Gasteiger partial charge in [0.15, 0.2) is 0 Å². The molecule has 0 radical (unpaired) electrons. The number of unbranched alkanes of at least 4 members (excludes halogenated alkanes) is 1. The molecular formula is C13H24N2O3. The van der Waals surface area contributed by atoms with Crippen molar-refractivity contribution in [2.24, 2.45) is 11.7 Å². The summed E-state index contributed by atoms with van der Waals surface area (Å²) in [5, 5.41) is 11.9. The number of aliphatic carboxylic acids is 1. The Kier molecular flexibility index (Phi) is 6.12. The van der Waals surface area contributed by atoms with E-state index < -0.39 is 17.9 Å². The molecule has 0 aromatic heterocycles. The first-order valence-electron chi connectivity index (χ1n) is 6.85. The van der Waals surface area contributed by atoms with Crippen molar-refractivity contribution in [2.75, 3.05) is 0 Å². The van der Waals surface area contributed by atoms with Crippen molar-refractivity contribution in [3.8, 4) is 0 Å². The SMILES string of the molecule is CCCC[C@H](N)C(=O)NC1CCCCC1C(=O)O. The lowest BCUT2D eigenvalue weighted by molar-refractivity contribution is -0.144. The molecule has 1 fully saturated rings. The van der Waals surface area contributed by atoms with Gasteiger partial charge in [-0.15, -0.1) is 0 Å². The molecule has 2 unspecified atom stereocenters. The third-order valence-corrected chi connectivity index (χ3v) is 3.62. The predicted octanol–water partition coefficient (Wildman–Crippen LogP) is 1.26. The van der Waals surface area contributed by atoms with Gasteiger partial charge in [0.2, 0.25) is 5.91 Å². The summed E-state index contributed by atoms with van der Waals surface area (Å²) in [5.74, 6) is -1.48. The van der Waals surface area contributed by atoms with Gasteiger partial charge in [-0.2, -0.15) is 0 Å². The summed E-state index contributed by atoms with van der Waals surface area (Å²) in [7, 11) is 0. The number of hydrogen-bond donors (Lipinski definition) is 3. The zero-order valence-electron chi connectivity index (χ0n) is 11.0. The highest BCUT2D eigenvalue weighted by Crippen LogP contribution is 2.24. The van der Waals surface area contributed by atoms with Gasteiger partial charge in [-0.05, 0) is 19.3 Å². The van der Waals surface area contributed by atoms with Crippen LogP contribution in [-0.4, -0.2) is 29.1 Å². The quantitative estimate of drug-likeness (QED) is 0.667. The summed E-state index contributed by atoms with van der Waals surface area (Å²) >= 11 is 0. The average Bonchev–Trinajstić information content (AvgIpc) is 2.36. The number of hydrogen-bond acceptors (Lipinski definition) is 3. The third kappa shape index (κ3) is 4.29. The fourth-order valence-electron chi connectivity index (χ4n) is 2.44. The largest absolute Gasteiger partial charge is 0.481 e. The molecule has 1 aliphatic rings. The predicted molar refractivity (Wildman–Crippen MR) is 69.0 cm³/mol. The molecule has 3 atom stereocenters. The number of rotatable bonds is 6. The number of carbonyl (C=O) groups excluding carboxylic acids is 1. The third-order valence-electron chi connectivity index (χ3n) is 3.62. The van der Waals surface area contributed by atoms with Gasteiger partial charge in [0.1, 0.15) is 0 Å². The zero-order valence-corrected chi connectivity index (χ0v) is 11.0. The van der Waals surface area contributed by atoms with E-state index in [1.165, 1.54) is 0 Å². The monoisotopic (exact) mass is 256 g/mol. The Balaban J connectivity index is 2.48. The van der Waals surface area contributed by atoms with Crippen molar-refractivity contribution in [3.63, 3.8) is 0 Å². The molecule has 0 bridgehead atoms. The number of nitrogens with one attached hydrogen (secondary N) is 1. The average molecular weight is 256 g/mol. The normalized spacial score (nSPS) is 25.4. The highest BCUT2D eigenvalue weighted by molar-refractivity contribution is 5.82. The Morgan fingerprint density at radius 1 is 1.39 bits per heavy atom. The van der Waals surface area contributed by atoms with E-state index in [1.807, 2.05) is 6.92 Å². The molecule has 1 rings (SSSR count). The van der Waals surface area contributed by atoms with Crippen LogP contribution in [0.3, 0.4) is 0 Å². The van der Waals surface area contributed by atoms with Gasteiger partial charge in [0.25, 0.3) is 0 Å². The van der Waals surface area contributed by atoms with Crippen LogP contribution in [-0.2, 0) is 9.59 Å². The van der Waals surface area contributed by atoms with Crippen LogP contribution in [0.25, 0.3) is 0 Å². The molecule has 0 aliphatic heterocycles. The minimum atomic E-state index is -0.817. The van der Waals surface area contributed by atoms with Crippen LogP contribution in [0.5, 0.6) is 0 Å². The van der Waals surface area contributed by atoms with Gasteiger partial charge in [-0.1, -0.05) is 32.6 Å². The fraction of sp³-hybridized carbons (Fsp3) is 0.846. The van der Waals surface area contributed by atoms with Crippen LogP contribution < -0.4 is 11.1 Å². The molecule has 0 saturated heterocycles. The summed E-state index contributed by atoms with van der Waals surface area (Å²) < 4.78 is 0. The lowest BCUT2D eigenvalue weighted by Crippen LogP contribution is -2.50. The van der Waals surface area contributed by atoms with E-state index in [4.69, 9.17) is 10.8 Å². The zero-order chi connectivity index (χ0) is 13.5. The van der Waals surface area contributed by atoms with Crippen molar-refractivity contribution < 1.29 is 14.7 Å². The number of carbonyl (C=O) groups is 2. The Morgan fingerprint density at radius 2 is 2.06 bits per heavy atom. The lowest BCUT2D eigenvalue weighted by Gasteiger charge is -2.30. The number of carboxylic acids is 1. The van der Waals surface area contributed by atoms with Crippen LogP contribution in [0.1, 0.15) is 51.9 Å². The Hall–Kier alpha value is -1.10. The molecule has 0 heterocycles. The maximum atomic E-state index is 11.9. The summed E-state index contributed by atoms with van der Waals surface area (Å²) in [6, 6.07) is -0.766. The summed E-state index contributed by atoms with van der Waals surface area (Å²) in [6.45, 7) is 2.05. The van der Waals surface area contributed by atoms with Gasteiger partial charge in [0.05, 0.1) is 12.0 Å². The van der Waals surface area contributed by atoms with E-state index in [9.17, 15) is 9.59 Å². The minimum Gasteiger partial charge on any atom is -0.481 e. The first-order chi connectivity index (χ1) is 8.56. The van der Waals surface area contributed by atoms with Crippen molar-refractivity contribution in [1.29, 1.82) is 0 Å². The van der Waals surface area contributed by atoms with Crippen molar-refractivity contribution in [1.82, 2.24) is 5.32 Å². The molecule has 0 spiro atoms. The van der Waals surface area contributed by atoms with Gasteiger partial charge in [0, 0.05) is 6.04 Å². The van der Waals surface area contributed by atoms with Crippen LogP contribution in [0.2, 0.25) is 0 Å². The molecule has 1 amide bonds. The number of carboxylic acid groups (broad SMARTS) is 1. The van der Waals surface area contributed by atoms with E-state index >= 15 is 0 Å². The summed E-state index contributed by atoms with van der Waals surface area (Å²) in [4.78, 5) is 23.0. The molecule has 0 aromatic carbocycles. The highest BCUT2D eigenvalue weighted by Gasteiger charge is 2.32. The van der Waals surface area contributed by atoms with E-state index in [0.29, 0.717) is 12.8 Å². The summed E-state index contributed by atoms with van der Waals surface area (Å²) in [5.41, 5.74) is 5.78. The Bertz CT molecular complexity index is 294. The summed E-state index contributed by atoms with van der Waals surface area (Å²) in [6.07, 6.45) is 5.86. The first-order valence-corrected chi connectivity index (χ1v) is 6.85. The second-order valence-electron chi connectivity index (χ2n) is 5.09. The second-order valence-corrected chi connectivity index (χ2v) is 5.09. The van der Waals surface area contributed by atoms with Crippen LogP contribution in [0.15, 0.2) is 0 Å². The molecule has 1 saturated carbocycles. The minimum absolute atomic E-state index is 0.207. The van der Waals surface area contributed by atoms with Gasteiger partial charge < -0.3 is 16.2 Å². The fourth-order valence-corrected chi connectivity index (χ4v) is 2.44. The maximum absolute atomic E-state index is 11.9. The van der Waals surface area contributed by atoms with E-state index in [2.05, 4.69) is 5.32 Å². The lowest BCUT2D eigenvalue weighted by atomic mass is 9.84. The molecule has 4 N–H and O–H groups in total. The second kappa shape index (κ2) is 7.36. The van der Waals surface area contributed by atoms with E-state index in [1.54, 1.807) is 0 Å². The topological polar surface area (TPSA) is 92.4 Å². The number of nitrogens with two attached hydrogens (primary N) is 1. The molecule has 1 aliphatic carbocycles. The first kappa shape index (κ1) is 15.0. The van der Waals surface area contributed by atoms with Crippen molar-refractivity contribution in [3.05, 3.63) is 0 Å². The van der Waals surface area contributed by atoms with Gasteiger partial charge >= 0.3 is 5.97 Å². The molecule has 0 aromatic rings. The highest BCUT2D eigenvalue weighted by atomic mass is 16.4. The van der Waals surface area contributed by atoms with E-state index in [-0.39, 0.29) is 11.9 Å². The molecule has 104 valence electrons. The number of amides is 1. The van der Waals surface area contributed by atoms with Crippen LogP contribution >= 0.6 is 0 Å². The Labute approximate surface area is 108 Å². The molecule has 5 heteroatoms.